The van der Waals surface area contributed by atoms with Gasteiger partial charge in [0.1, 0.15) is 0 Å². The quantitative estimate of drug-likeness (QED) is 0.802. The zero-order valence-corrected chi connectivity index (χ0v) is 11.2. The lowest BCUT2D eigenvalue weighted by Gasteiger charge is -2.05. The molecule has 20 heavy (non-hydrogen) atoms. The Labute approximate surface area is 120 Å². The van der Waals surface area contributed by atoms with Crippen LogP contribution in [0.3, 0.4) is 0 Å². The van der Waals surface area contributed by atoms with Crippen LogP contribution in [-0.4, -0.2) is 20.9 Å². The van der Waals surface area contributed by atoms with E-state index in [0.717, 1.165) is 16.5 Å². The van der Waals surface area contributed by atoms with Crippen LogP contribution in [0, 0.1) is 0 Å². The van der Waals surface area contributed by atoms with Crippen molar-refractivity contribution in [1.82, 2.24) is 9.78 Å². The van der Waals surface area contributed by atoms with Crippen LogP contribution >= 0.6 is 11.6 Å². The van der Waals surface area contributed by atoms with Crippen molar-refractivity contribution in [1.29, 1.82) is 0 Å². The molecule has 100 valence electrons. The number of aromatic nitrogens is 2. The third-order valence-corrected chi connectivity index (χ3v) is 3.45. The van der Waals surface area contributed by atoms with Crippen molar-refractivity contribution in [2.45, 2.75) is 6.54 Å². The van der Waals surface area contributed by atoms with Gasteiger partial charge >= 0.3 is 5.97 Å². The molecule has 0 aliphatic rings. The fourth-order valence-corrected chi connectivity index (χ4v) is 2.40. The van der Waals surface area contributed by atoms with Gasteiger partial charge in [-0.05, 0) is 17.7 Å². The number of hydrogen-bond acceptors (Lipinski definition) is 2. The molecular formula is C15H11ClN2O2. The maximum atomic E-state index is 11.1. The van der Waals surface area contributed by atoms with Crippen LogP contribution in [-0.2, 0) is 6.54 Å². The van der Waals surface area contributed by atoms with Gasteiger partial charge in [0.05, 0.1) is 28.8 Å². The highest BCUT2D eigenvalue weighted by Gasteiger charge is 2.12. The van der Waals surface area contributed by atoms with Crippen molar-refractivity contribution in [3.8, 4) is 0 Å². The minimum Gasteiger partial charge on any atom is -0.478 e. The second kappa shape index (κ2) is 4.98. The Morgan fingerprint density at radius 3 is 2.70 bits per heavy atom. The molecule has 2 aromatic carbocycles. The summed E-state index contributed by atoms with van der Waals surface area (Å²) in [6, 6.07) is 12.9. The molecular weight excluding hydrogens is 276 g/mol. The zero-order valence-electron chi connectivity index (χ0n) is 10.5. The predicted molar refractivity (Wildman–Crippen MR) is 77.2 cm³/mol. The van der Waals surface area contributed by atoms with Crippen LogP contribution in [0.4, 0.5) is 0 Å². The number of hydrogen-bond donors (Lipinski definition) is 1. The van der Waals surface area contributed by atoms with Crippen molar-refractivity contribution in [3.05, 3.63) is 64.8 Å². The molecule has 1 N–H and O–H groups in total. The number of halogens is 1. The Bertz CT molecular complexity index is 781. The largest absolute Gasteiger partial charge is 0.478 e. The number of nitrogens with zero attached hydrogens (tertiary/aromatic N) is 2. The van der Waals surface area contributed by atoms with Crippen molar-refractivity contribution in [3.63, 3.8) is 0 Å². The number of carbonyl (C=O) groups is 1. The number of aromatic carboxylic acids is 1. The molecule has 0 saturated heterocycles. The van der Waals surface area contributed by atoms with Crippen LogP contribution in [0.1, 0.15) is 15.9 Å². The van der Waals surface area contributed by atoms with E-state index in [9.17, 15) is 4.79 Å². The lowest BCUT2D eigenvalue weighted by atomic mass is 10.1. The fourth-order valence-electron chi connectivity index (χ4n) is 2.14. The summed E-state index contributed by atoms with van der Waals surface area (Å²) in [5.41, 5.74) is 1.98. The van der Waals surface area contributed by atoms with Gasteiger partial charge in [0, 0.05) is 5.39 Å². The van der Waals surface area contributed by atoms with E-state index in [4.69, 9.17) is 16.7 Å². The maximum absolute atomic E-state index is 11.1. The van der Waals surface area contributed by atoms with Gasteiger partial charge in [-0.3, -0.25) is 4.68 Å². The Hall–Kier alpha value is -2.33. The highest BCUT2D eigenvalue weighted by molar-refractivity contribution is 6.35. The first kappa shape index (κ1) is 12.7. The lowest BCUT2D eigenvalue weighted by molar-refractivity contribution is 0.0697. The lowest BCUT2D eigenvalue weighted by Crippen LogP contribution is -2.02. The molecule has 3 rings (SSSR count). The minimum absolute atomic E-state index is 0.164. The van der Waals surface area contributed by atoms with Gasteiger partial charge in [-0.1, -0.05) is 41.9 Å². The summed E-state index contributed by atoms with van der Waals surface area (Å²) >= 11 is 6.11. The standard InChI is InChI=1S/C15H11ClN2O2/c16-13-6-11(15(19)20)7-14-12(13)8-17-18(14)9-10-4-2-1-3-5-10/h1-8H,9H2,(H,19,20). The summed E-state index contributed by atoms with van der Waals surface area (Å²) in [4.78, 5) is 11.1. The molecule has 0 radical (unpaired) electrons. The summed E-state index contributed by atoms with van der Waals surface area (Å²) in [5, 5.41) is 14.5. The van der Waals surface area contributed by atoms with Gasteiger partial charge in [0.15, 0.2) is 0 Å². The fraction of sp³-hybridized carbons (Fsp3) is 0.0667. The molecule has 0 fully saturated rings. The van der Waals surface area contributed by atoms with Crippen molar-refractivity contribution in [2.75, 3.05) is 0 Å². The molecule has 0 aliphatic carbocycles. The first-order chi connectivity index (χ1) is 9.65. The van der Waals surface area contributed by atoms with E-state index >= 15 is 0 Å². The third-order valence-electron chi connectivity index (χ3n) is 3.13. The molecule has 0 aliphatic heterocycles. The van der Waals surface area contributed by atoms with E-state index in [1.54, 1.807) is 16.9 Å². The average Bonchev–Trinajstić information content (AvgIpc) is 2.84. The van der Waals surface area contributed by atoms with Crippen LogP contribution < -0.4 is 0 Å². The molecule has 1 aromatic heterocycles. The average molecular weight is 287 g/mol. The molecule has 4 nitrogen and oxygen atoms in total. The van der Waals surface area contributed by atoms with Crippen LogP contribution in [0.15, 0.2) is 48.7 Å². The number of carboxylic acid groups (broad SMARTS) is 1. The van der Waals surface area contributed by atoms with Crippen LogP contribution in [0.2, 0.25) is 5.02 Å². The molecule has 0 amide bonds. The van der Waals surface area contributed by atoms with E-state index in [1.165, 1.54) is 6.07 Å². The van der Waals surface area contributed by atoms with E-state index < -0.39 is 5.97 Å². The predicted octanol–water partition coefficient (Wildman–Crippen LogP) is 3.44. The SMILES string of the molecule is O=C(O)c1cc(Cl)c2cnn(Cc3ccccc3)c2c1. The summed E-state index contributed by atoms with van der Waals surface area (Å²) in [6.45, 7) is 0.573. The van der Waals surface area contributed by atoms with Crippen molar-refractivity contribution >= 4 is 28.5 Å². The second-order valence-corrected chi connectivity index (χ2v) is 4.89. The topological polar surface area (TPSA) is 55.1 Å². The minimum atomic E-state index is -0.999. The number of carboxylic acids is 1. The molecule has 0 spiro atoms. The summed E-state index contributed by atoms with van der Waals surface area (Å²) in [6.07, 6.45) is 1.66. The summed E-state index contributed by atoms with van der Waals surface area (Å²) < 4.78 is 1.75. The Kier molecular flexibility index (Phi) is 3.16. The van der Waals surface area contributed by atoms with Gasteiger partial charge < -0.3 is 5.11 Å². The Morgan fingerprint density at radius 2 is 2.00 bits per heavy atom. The van der Waals surface area contributed by atoms with E-state index in [-0.39, 0.29) is 5.56 Å². The number of rotatable bonds is 3. The number of fused-ring (bicyclic) bond motifs is 1. The van der Waals surface area contributed by atoms with Gasteiger partial charge in [-0.15, -0.1) is 0 Å². The first-order valence-electron chi connectivity index (χ1n) is 6.07. The molecule has 0 bridgehead atoms. The van der Waals surface area contributed by atoms with E-state index in [0.29, 0.717) is 11.6 Å². The molecule has 0 saturated carbocycles. The normalized spacial score (nSPS) is 10.8. The van der Waals surface area contributed by atoms with Gasteiger partial charge in [-0.25, -0.2) is 4.79 Å². The first-order valence-corrected chi connectivity index (χ1v) is 6.45. The molecule has 3 aromatic rings. The summed E-state index contributed by atoms with van der Waals surface area (Å²) in [7, 11) is 0. The molecule has 0 atom stereocenters. The Balaban J connectivity index is 2.10. The van der Waals surface area contributed by atoms with Crippen molar-refractivity contribution in [2.24, 2.45) is 0 Å². The smallest absolute Gasteiger partial charge is 0.335 e. The molecule has 5 heteroatoms. The molecule has 1 heterocycles. The number of benzene rings is 2. The van der Waals surface area contributed by atoms with Crippen LogP contribution in [0.25, 0.3) is 10.9 Å². The van der Waals surface area contributed by atoms with Gasteiger partial charge in [0.25, 0.3) is 0 Å². The highest BCUT2D eigenvalue weighted by Crippen LogP contribution is 2.25. The zero-order chi connectivity index (χ0) is 14.1. The van der Waals surface area contributed by atoms with Gasteiger partial charge in [-0.2, -0.15) is 5.10 Å². The molecule has 0 unspecified atom stereocenters. The second-order valence-electron chi connectivity index (χ2n) is 4.48. The monoisotopic (exact) mass is 286 g/mol. The highest BCUT2D eigenvalue weighted by atomic mass is 35.5. The van der Waals surface area contributed by atoms with E-state index in [1.807, 2.05) is 30.3 Å². The maximum Gasteiger partial charge on any atom is 0.335 e. The van der Waals surface area contributed by atoms with Crippen LogP contribution in [0.5, 0.6) is 0 Å². The Morgan fingerprint density at radius 1 is 1.25 bits per heavy atom. The summed E-state index contributed by atoms with van der Waals surface area (Å²) in [5.74, 6) is -0.999. The van der Waals surface area contributed by atoms with Gasteiger partial charge in [0.2, 0.25) is 0 Å². The van der Waals surface area contributed by atoms with Crippen molar-refractivity contribution < 1.29 is 9.90 Å². The third kappa shape index (κ3) is 2.26. The van der Waals surface area contributed by atoms with E-state index in [2.05, 4.69) is 5.10 Å².